The molecule has 0 saturated heterocycles. The molecule has 3 nitrogen and oxygen atoms in total. The lowest BCUT2D eigenvalue weighted by atomic mass is 10.2. The van der Waals surface area contributed by atoms with Crippen molar-refractivity contribution in [2.75, 3.05) is 7.11 Å². The number of methoxy groups -OCH3 is 1. The van der Waals surface area contributed by atoms with Gasteiger partial charge in [-0.05, 0) is 18.2 Å². The molecule has 1 aromatic carbocycles. The zero-order valence-electron chi connectivity index (χ0n) is 7.00. The maximum Gasteiger partial charge on any atom is 0.124 e. The fraction of sp³-hybridized carbons (Fsp3) is 0.125. The molecule has 0 saturated carbocycles. The number of nitrogen functional groups attached to an aromatic ring is 1. The highest BCUT2D eigenvalue weighted by Gasteiger charge is 2.04. The fourth-order valence-corrected chi connectivity index (χ4v) is 1.06. The normalized spacial score (nSPS) is 8.77. The van der Waals surface area contributed by atoms with Crippen LogP contribution >= 0.6 is 24.0 Å². The van der Waals surface area contributed by atoms with Gasteiger partial charge in [0.2, 0.25) is 0 Å². The second-order valence-corrected chi connectivity index (χ2v) is 2.67. The Morgan fingerprint density at radius 1 is 1.54 bits per heavy atom. The van der Waals surface area contributed by atoms with E-state index in [0.29, 0.717) is 16.3 Å². The fourth-order valence-electron chi connectivity index (χ4n) is 0.838. The van der Waals surface area contributed by atoms with Crippen LogP contribution in [-0.4, -0.2) is 12.9 Å². The molecule has 0 amide bonds. The summed E-state index contributed by atoms with van der Waals surface area (Å²) in [5, 5.41) is 7.65. The molecule has 0 unspecified atom stereocenters. The zero-order chi connectivity index (χ0) is 9.14. The Bertz CT molecular complexity index is 315. The van der Waals surface area contributed by atoms with Gasteiger partial charge in [-0.25, -0.2) is 0 Å². The Morgan fingerprint density at radius 2 is 2.15 bits per heavy atom. The van der Waals surface area contributed by atoms with E-state index < -0.39 is 0 Å². The second kappa shape index (κ2) is 4.94. The number of hydrogen-bond acceptors (Lipinski definition) is 2. The third-order valence-corrected chi connectivity index (χ3v) is 1.79. The van der Waals surface area contributed by atoms with Crippen molar-refractivity contribution in [3.05, 3.63) is 28.8 Å². The van der Waals surface area contributed by atoms with E-state index in [1.807, 2.05) is 0 Å². The van der Waals surface area contributed by atoms with Gasteiger partial charge in [-0.15, -0.1) is 12.4 Å². The van der Waals surface area contributed by atoms with Crippen molar-refractivity contribution in [1.29, 1.82) is 5.41 Å². The van der Waals surface area contributed by atoms with Gasteiger partial charge in [0.1, 0.15) is 11.6 Å². The SMILES string of the molecule is COc1ccc(Cl)c(C(=N)N)c1.Cl. The third kappa shape index (κ3) is 2.79. The van der Waals surface area contributed by atoms with Crippen molar-refractivity contribution in [2.45, 2.75) is 0 Å². The number of benzene rings is 1. The van der Waals surface area contributed by atoms with Gasteiger partial charge in [0.05, 0.1) is 12.1 Å². The minimum Gasteiger partial charge on any atom is -0.497 e. The first-order chi connectivity index (χ1) is 5.65. The highest BCUT2D eigenvalue weighted by molar-refractivity contribution is 6.34. The van der Waals surface area contributed by atoms with Crippen molar-refractivity contribution < 1.29 is 4.74 Å². The molecule has 1 rings (SSSR count). The predicted octanol–water partition coefficient (Wildman–Crippen LogP) is 2.05. The Balaban J connectivity index is 0.00000144. The van der Waals surface area contributed by atoms with Crippen molar-refractivity contribution in [3.8, 4) is 5.75 Å². The standard InChI is InChI=1S/C8H9ClN2O.ClH/c1-12-5-2-3-7(9)6(4-5)8(10)11;/h2-4H,1H3,(H3,10,11);1H. The summed E-state index contributed by atoms with van der Waals surface area (Å²) in [6.45, 7) is 0. The van der Waals surface area contributed by atoms with Gasteiger partial charge in [-0.2, -0.15) is 0 Å². The molecule has 0 aliphatic heterocycles. The first-order valence-electron chi connectivity index (χ1n) is 3.33. The van der Waals surface area contributed by atoms with Crippen LogP contribution in [0.15, 0.2) is 18.2 Å². The molecule has 1 aromatic rings. The second-order valence-electron chi connectivity index (χ2n) is 2.26. The van der Waals surface area contributed by atoms with Crippen LogP contribution < -0.4 is 10.5 Å². The lowest BCUT2D eigenvalue weighted by Crippen LogP contribution is -2.11. The molecule has 0 fully saturated rings. The smallest absolute Gasteiger partial charge is 0.124 e. The van der Waals surface area contributed by atoms with Crippen LogP contribution in [-0.2, 0) is 0 Å². The number of amidine groups is 1. The molecule has 0 heterocycles. The first kappa shape index (κ1) is 12.1. The lowest BCUT2D eigenvalue weighted by molar-refractivity contribution is 0.414. The average molecular weight is 221 g/mol. The van der Waals surface area contributed by atoms with Crippen LogP contribution in [0, 0.1) is 5.41 Å². The van der Waals surface area contributed by atoms with Crippen LogP contribution in [0.5, 0.6) is 5.75 Å². The Morgan fingerprint density at radius 3 is 2.62 bits per heavy atom. The van der Waals surface area contributed by atoms with Crippen molar-refractivity contribution in [2.24, 2.45) is 5.73 Å². The topological polar surface area (TPSA) is 59.1 Å². The average Bonchev–Trinajstić information content (AvgIpc) is 2.05. The van der Waals surface area contributed by atoms with Gasteiger partial charge < -0.3 is 10.5 Å². The largest absolute Gasteiger partial charge is 0.497 e. The Labute approximate surface area is 87.8 Å². The van der Waals surface area contributed by atoms with Crippen LogP contribution in [0.4, 0.5) is 0 Å². The maximum absolute atomic E-state index is 7.19. The summed E-state index contributed by atoms with van der Waals surface area (Å²) < 4.78 is 4.95. The predicted molar refractivity (Wildman–Crippen MR) is 56.3 cm³/mol. The molecule has 0 spiro atoms. The molecular formula is C8H10Cl2N2O. The molecule has 72 valence electrons. The number of nitrogens with one attached hydrogen (secondary N) is 1. The lowest BCUT2D eigenvalue weighted by Gasteiger charge is -2.04. The van der Waals surface area contributed by atoms with Crippen molar-refractivity contribution in [1.82, 2.24) is 0 Å². The summed E-state index contributed by atoms with van der Waals surface area (Å²) in [4.78, 5) is 0. The molecule has 0 aliphatic rings. The molecule has 0 aromatic heterocycles. The van der Waals surface area contributed by atoms with Gasteiger partial charge in [0, 0.05) is 5.56 Å². The number of nitrogens with two attached hydrogens (primary N) is 1. The number of ether oxygens (including phenoxy) is 1. The van der Waals surface area contributed by atoms with Crippen LogP contribution in [0.3, 0.4) is 0 Å². The van der Waals surface area contributed by atoms with E-state index in [1.54, 1.807) is 25.3 Å². The van der Waals surface area contributed by atoms with Crippen LogP contribution in [0.1, 0.15) is 5.56 Å². The summed E-state index contributed by atoms with van der Waals surface area (Å²) >= 11 is 5.77. The van der Waals surface area contributed by atoms with E-state index in [4.69, 9.17) is 27.5 Å². The zero-order valence-corrected chi connectivity index (χ0v) is 8.58. The van der Waals surface area contributed by atoms with E-state index in [1.165, 1.54) is 0 Å². The quantitative estimate of drug-likeness (QED) is 0.593. The Kier molecular flexibility index (Phi) is 4.59. The van der Waals surface area contributed by atoms with Crippen molar-refractivity contribution in [3.63, 3.8) is 0 Å². The molecular weight excluding hydrogens is 211 g/mol. The minimum atomic E-state index is -0.0566. The Hall–Kier alpha value is -0.930. The summed E-state index contributed by atoms with van der Waals surface area (Å²) in [5.74, 6) is 0.587. The van der Waals surface area contributed by atoms with E-state index >= 15 is 0 Å². The molecule has 0 aliphatic carbocycles. The molecule has 0 bridgehead atoms. The van der Waals surface area contributed by atoms with Gasteiger partial charge in [0.15, 0.2) is 0 Å². The number of rotatable bonds is 2. The summed E-state index contributed by atoms with van der Waals surface area (Å²) in [5.41, 5.74) is 5.78. The number of halogens is 2. The van der Waals surface area contributed by atoms with E-state index in [-0.39, 0.29) is 18.2 Å². The molecule has 0 atom stereocenters. The summed E-state index contributed by atoms with van der Waals surface area (Å²) in [6.07, 6.45) is 0. The minimum absolute atomic E-state index is 0. The highest BCUT2D eigenvalue weighted by atomic mass is 35.5. The number of hydrogen-bond donors (Lipinski definition) is 2. The molecule has 5 heteroatoms. The van der Waals surface area contributed by atoms with E-state index in [2.05, 4.69) is 0 Å². The van der Waals surface area contributed by atoms with E-state index in [9.17, 15) is 0 Å². The van der Waals surface area contributed by atoms with E-state index in [0.717, 1.165) is 0 Å². The molecule has 13 heavy (non-hydrogen) atoms. The molecule has 3 N–H and O–H groups in total. The van der Waals surface area contributed by atoms with Gasteiger partial charge >= 0.3 is 0 Å². The van der Waals surface area contributed by atoms with Crippen LogP contribution in [0.2, 0.25) is 5.02 Å². The van der Waals surface area contributed by atoms with Gasteiger partial charge in [-0.3, -0.25) is 5.41 Å². The van der Waals surface area contributed by atoms with Crippen molar-refractivity contribution >= 4 is 29.8 Å². The molecule has 0 radical (unpaired) electrons. The summed E-state index contributed by atoms with van der Waals surface area (Å²) in [6, 6.07) is 5.00. The summed E-state index contributed by atoms with van der Waals surface area (Å²) in [7, 11) is 1.55. The maximum atomic E-state index is 7.19. The van der Waals surface area contributed by atoms with Gasteiger partial charge in [-0.1, -0.05) is 11.6 Å². The first-order valence-corrected chi connectivity index (χ1v) is 3.71. The monoisotopic (exact) mass is 220 g/mol. The van der Waals surface area contributed by atoms with Crippen LogP contribution in [0.25, 0.3) is 0 Å². The van der Waals surface area contributed by atoms with Gasteiger partial charge in [0.25, 0.3) is 0 Å². The highest BCUT2D eigenvalue weighted by Crippen LogP contribution is 2.20. The third-order valence-electron chi connectivity index (χ3n) is 1.46.